The lowest BCUT2D eigenvalue weighted by atomic mass is 9.78. The number of hydrogen-bond acceptors (Lipinski definition) is 9. The number of hydrogen-bond donors (Lipinski definition) is 2. The first-order valence-corrected chi connectivity index (χ1v) is 17.4. The van der Waals surface area contributed by atoms with Gasteiger partial charge >= 0.3 is 0 Å². The van der Waals surface area contributed by atoms with Gasteiger partial charge in [-0.1, -0.05) is 23.3 Å². The third-order valence-corrected chi connectivity index (χ3v) is 10.7. The van der Waals surface area contributed by atoms with Gasteiger partial charge in [-0.25, -0.2) is 0 Å². The highest BCUT2D eigenvalue weighted by Crippen LogP contribution is 2.44. The van der Waals surface area contributed by atoms with Crippen LogP contribution in [0.5, 0.6) is 23.0 Å². The van der Waals surface area contributed by atoms with E-state index in [1.165, 1.54) is 36.5 Å². The van der Waals surface area contributed by atoms with Crippen LogP contribution in [0.1, 0.15) is 56.1 Å². The van der Waals surface area contributed by atoms with Crippen molar-refractivity contribution < 1.29 is 43.5 Å². The van der Waals surface area contributed by atoms with Crippen LogP contribution in [-0.4, -0.2) is 98.3 Å². The normalized spacial score (nSPS) is 22.6. The topological polar surface area (TPSA) is 127 Å². The Kier molecular flexibility index (Phi) is 11.0. The van der Waals surface area contributed by atoms with E-state index >= 15 is 0 Å². The van der Waals surface area contributed by atoms with E-state index in [9.17, 15) is 19.8 Å². The molecule has 2 amide bonds. The van der Waals surface area contributed by atoms with Gasteiger partial charge in [0.1, 0.15) is 0 Å². The fraction of sp³-hybridized carbons (Fsp3) is 0.487. The number of carbonyl (C=O) groups is 2. The van der Waals surface area contributed by atoms with Crippen molar-refractivity contribution in [3.63, 3.8) is 0 Å². The molecule has 11 nitrogen and oxygen atoms in total. The van der Waals surface area contributed by atoms with Crippen molar-refractivity contribution in [1.29, 1.82) is 0 Å². The van der Waals surface area contributed by atoms with Crippen LogP contribution in [0.15, 0.2) is 70.5 Å². The van der Waals surface area contributed by atoms with Gasteiger partial charge in [0.2, 0.25) is 12.8 Å². The lowest BCUT2D eigenvalue weighted by Crippen LogP contribution is -2.46. The van der Waals surface area contributed by atoms with Crippen molar-refractivity contribution in [3.8, 4) is 23.0 Å². The van der Waals surface area contributed by atoms with Gasteiger partial charge in [-0.15, -0.1) is 0 Å². The molecular formula is C39H48N2O9. The minimum atomic E-state index is -0.439. The van der Waals surface area contributed by atoms with Crippen LogP contribution in [0.2, 0.25) is 0 Å². The maximum atomic E-state index is 11.6. The summed E-state index contributed by atoms with van der Waals surface area (Å²) >= 11 is 0. The second-order valence-electron chi connectivity index (χ2n) is 13.4. The highest BCUT2D eigenvalue weighted by Gasteiger charge is 2.43. The van der Waals surface area contributed by atoms with Crippen LogP contribution in [0.3, 0.4) is 0 Å². The van der Waals surface area contributed by atoms with Crippen molar-refractivity contribution in [2.24, 2.45) is 0 Å². The quantitative estimate of drug-likeness (QED) is 0.270. The number of phenols is 2. The van der Waals surface area contributed by atoms with Crippen LogP contribution in [0.4, 0.5) is 0 Å². The number of rotatable bonds is 9. The van der Waals surface area contributed by atoms with Crippen LogP contribution in [0.25, 0.3) is 0 Å². The highest BCUT2D eigenvalue weighted by atomic mass is 16.7. The van der Waals surface area contributed by atoms with Gasteiger partial charge in [-0.2, -0.15) is 0 Å². The van der Waals surface area contributed by atoms with E-state index in [1.54, 1.807) is 31.4 Å². The van der Waals surface area contributed by atoms with Gasteiger partial charge in [0.05, 0.1) is 52.4 Å². The van der Waals surface area contributed by atoms with E-state index in [0.29, 0.717) is 44.1 Å². The van der Waals surface area contributed by atoms with Gasteiger partial charge < -0.3 is 43.7 Å². The summed E-state index contributed by atoms with van der Waals surface area (Å²) in [4.78, 5) is 26.9. The Morgan fingerprint density at radius 3 is 1.86 bits per heavy atom. The minimum absolute atomic E-state index is 0.0304. The summed E-state index contributed by atoms with van der Waals surface area (Å²) in [6.07, 6.45) is 11.3. The molecule has 0 saturated carbocycles. The van der Waals surface area contributed by atoms with Crippen LogP contribution in [-0.2, 0) is 36.6 Å². The largest absolute Gasteiger partial charge is 0.504 e. The molecule has 5 aliphatic rings. The molecule has 0 radical (unpaired) electrons. The predicted octanol–water partition coefficient (Wildman–Crippen LogP) is 5.19. The third kappa shape index (κ3) is 7.49. The first-order chi connectivity index (χ1) is 24.3. The molecule has 2 unspecified atom stereocenters. The zero-order valence-electron chi connectivity index (χ0n) is 29.2. The van der Waals surface area contributed by atoms with Crippen molar-refractivity contribution in [2.75, 3.05) is 47.6 Å². The number of phenolic OH excluding ortho intramolecular Hbond substituents is 2. The van der Waals surface area contributed by atoms with Crippen molar-refractivity contribution >= 4 is 12.8 Å². The number of nitrogens with zero attached hydrogens (tertiary/aromatic N) is 2. The molecule has 11 heteroatoms. The zero-order valence-corrected chi connectivity index (χ0v) is 29.2. The molecule has 2 atom stereocenters. The molecule has 2 aromatic rings. The Morgan fingerprint density at radius 2 is 1.34 bits per heavy atom. The fourth-order valence-electron chi connectivity index (χ4n) is 8.11. The number of aromatic hydroxyl groups is 2. The molecule has 268 valence electrons. The smallest absolute Gasteiger partial charge is 0.210 e. The second-order valence-corrected chi connectivity index (χ2v) is 13.4. The number of amides is 2. The molecule has 50 heavy (non-hydrogen) atoms. The summed E-state index contributed by atoms with van der Waals surface area (Å²) in [7, 11) is 4.77. The molecule has 0 bridgehead atoms. The average molecular weight is 689 g/mol. The number of benzene rings is 2. The van der Waals surface area contributed by atoms with Crippen molar-refractivity contribution in [3.05, 3.63) is 81.7 Å². The second kappa shape index (κ2) is 15.6. The van der Waals surface area contributed by atoms with Gasteiger partial charge in [0.15, 0.2) is 28.8 Å². The van der Waals surface area contributed by atoms with Gasteiger partial charge in [-0.05, 0) is 91.1 Å². The number of methoxy groups -OCH3 is 3. The van der Waals surface area contributed by atoms with Crippen LogP contribution < -0.4 is 9.47 Å². The standard InChI is InChI=1S/C20H25NO5.C19H23NO4/c1-24-19-3-2-14(11-18(19)23)10-17-16-4-6-20(25-8-9-26-20)12-15(16)5-7-21(17)13-22;1-23-15-4-5-16-14(11-15)7-8-20(12-21)17(16)9-13-3-6-19(24-2)18(22)10-13/h2-3,11,13,17,23H,4-10,12H2,1H3;3-4,6,10,12,17,22H,5,7-9,11H2,1-2H3. The molecule has 0 aromatic heterocycles. The number of ether oxygens (including phenoxy) is 5. The molecule has 1 fully saturated rings. The third-order valence-electron chi connectivity index (χ3n) is 10.7. The maximum absolute atomic E-state index is 11.6. The summed E-state index contributed by atoms with van der Waals surface area (Å²) in [6, 6.07) is 10.9. The fourth-order valence-corrected chi connectivity index (χ4v) is 8.11. The van der Waals surface area contributed by atoms with Crippen LogP contribution >= 0.6 is 0 Å². The lowest BCUT2D eigenvalue weighted by Gasteiger charge is -2.43. The molecule has 7 rings (SSSR count). The van der Waals surface area contributed by atoms with Crippen molar-refractivity contribution in [2.45, 2.75) is 75.7 Å². The van der Waals surface area contributed by atoms with Crippen LogP contribution in [0, 0.1) is 0 Å². The minimum Gasteiger partial charge on any atom is -0.504 e. The molecule has 3 heterocycles. The molecule has 1 spiro atoms. The first-order valence-electron chi connectivity index (χ1n) is 17.4. The highest BCUT2D eigenvalue weighted by molar-refractivity contribution is 5.53. The van der Waals surface area contributed by atoms with E-state index in [2.05, 4.69) is 6.08 Å². The zero-order chi connectivity index (χ0) is 35.3. The number of carbonyl (C=O) groups excluding carboxylic acids is 2. The van der Waals surface area contributed by atoms with E-state index in [0.717, 1.165) is 81.2 Å². The summed E-state index contributed by atoms with van der Waals surface area (Å²) in [6.45, 7) is 2.77. The van der Waals surface area contributed by atoms with E-state index in [-0.39, 0.29) is 23.6 Å². The first kappa shape index (κ1) is 35.3. The van der Waals surface area contributed by atoms with Crippen molar-refractivity contribution in [1.82, 2.24) is 9.80 Å². The summed E-state index contributed by atoms with van der Waals surface area (Å²) in [5.41, 5.74) is 7.38. The van der Waals surface area contributed by atoms with Gasteiger partial charge in [0.25, 0.3) is 0 Å². The summed E-state index contributed by atoms with van der Waals surface area (Å²) in [5, 5.41) is 20.1. The molecule has 2 aromatic carbocycles. The molecule has 2 N–H and O–H groups in total. The Labute approximate surface area is 293 Å². The van der Waals surface area contributed by atoms with Gasteiger partial charge in [-0.3, -0.25) is 9.59 Å². The molecule has 1 saturated heterocycles. The van der Waals surface area contributed by atoms with E-state index < -0.39 is 5.79 Å². The van der Waals surface area contributed by atoms with E-state index in [1.807, 2.05) is 21.9 Å². The Morgan fingerprint density at radius 1 is 0.780 bits per heavy atom. The monoisotopic (exact) mass is 688 g/mol. The number of allylic oxidation sites excluding steroid dienone is 2. The SMILES string of the molecule is COC1=CCC2=C(CCN(C=O)C2Cc2ccc(OC)c(O)c2)C1.COc1ccc(CC2C3=C(CCN2C=O)CC2(CC3)OCCO2)cc1O. The van der Waals surface area contributed by atoms with E-state index in [4.69, 9.17) is 23.7 Å². The summed E-state index contributed by atoms with van der Waals surface area (Å²) < 4.78 is 27.4. The molecular weight excluding hydrogens is 640 g/mol. The predicted molar refractivity (Wildman–Crippen MR) is 186 cm³/mol. The lowest BCUT2D eigenvalue weighted by molar-refractivity contribution is -0.165. The summed E-state index contributed by atoms with van der Waals surface area (Å²) in [5.74, 6) is 1.74. The Balaban J connectivity index is 0.000000174. The molecule has 2 aliphatic carbocycles. The Hall–Kier alpha value is -4.48. The average Bonchev–Trinajstić information content (AvgIpc) is 3.59. The Bertz CT molecular complexity index is 1660. The maximum Gasteiger partial charge on any atom is 0.210 e. The van der Waals surface area contributed by atoms with Gasteiger partial charge in [0, 0.05) is 32.4 Å². The molecule has 3 aliphatic heterocycles.